The van der Waals surface area contributed by atoms with Crippen molar-refractivity contribution in [2.24, 2.45) is 5.10 Å². The number of benzene rings is 2. The molecule has 33 heavy (non-hydrogen) atoms. The van der Waals surface area contributed by atoms with E-state index >= 15 is 0 Å². The van der Waals surface area contributed by atoms with Crippen molar-refractivity contribution in [3.05, 3.63) is 59.7 Å². The topological polar surface area (TPSA) is 107 Å². The second-order valence-electron chi connectivity index (χ2n) is 7.38. The first-order valence-corrected chi connectivity index (χ1v) is 10.6. The highest BCUT2D eigenvalue weighted by atomic mass is 16.6. The smallest absolute Gasteiger partial charge is 0.344 e. The van der Waals surface area contributed by atoms with E-state index < -0.39 is 5.97 Å². The van der Waals surface area contributed by atoms with Crippen LogP contribution in [0, 0.1) is 0 Å². The van der Waals surface area contributed by atoms with Crippen LogP contribution in [0.5, 0.6) is 11.5 Å². The Bertz CT molecular complexity index is 1010. The summed E-state index contributed by atoms with van der Waals surface area (Å²) in [5.41, 5.74) is 4.19. The molecule has 1 heterocycles. The Morgan fingerprint density at radius 3 is 2.70 bits per heavy atom. The van der Waals surface area contributed by atoms with Crippen molar-refractivity contribution in [2.75, 3.05) is 33.4 Å². The zero-order valence-corrected chi connectivity index (χ0v) is 18.7. The average Bonchev–Trinajstić information content (AvgIpc) is 3.18. The Hall–Kier alpha value is -3.88. The lowest BCUT2D eigenvalue weighted by molar-refractivity contribution is -0.145. The Kier molecular flexibility index (Phi) is 8.40. The number of rotatable bonds is 10. The van der Waals surface area contributed by atoms with Gasteiger partial charge in [0.2, 0.25) is 5.91 Å². The molecule has 2 aromatic rings. The fraction of sp³-hybridized carbons (Fsp3) is 0.333. The lowest BCUT2D eigenvalue weighted by atomic mass is 9.99. The van der Waals surface area contributed by atoms with Gasteiger partial charge in [-0.2, -0.15) is 5.10 Å². The molecule has 9 nitrogen and oxygen atoms in total. The summed E-state index contributed by atoms with van der Waals surface area (Å²) in [6.45, 7) is 2.22. The van der Waals surface area contributed by atoms with Crippen molar-refractivity contribution in [3.8, 4) is 11.5 Å². The van der Waals surface area contributed by atoms with Gasteiger partial charge >= 0.3 is 5.97 Å². The largest absolute Gasteiger partial charge is 0.493 e. The number of hydrogen-bond donors (Lipinski definition) is 1. The van der Waals surface area contributed by atoms with E-state index in [-0.39, 0.29) is 37.5 Å². The molecule has 1 aliphatic rings. The van der Waals surface area contributed by atoms with Gasteiger partial charge in [0, 0.05) is 18.9 Å². The molecule has 0 aromatic heterocycles. The monoisotopic (exact) mass is 453 g/mol. The number of hydrogen-bond acceptors (Lipinski definition) is 7. The first-order chi connectivity index (χ1) is 16.0. The maximum absolute atomic E-state index is 12.3. The van der Waals surface area contributed by atoms with Crippen LogP contribution in [-0.2, 0) is 19.1 Å². The molecule has 0 saturated carbocycles. The van der Waals surface area contributed by atoms with Crippen molar-refractivity contribution < 1.29 is 28.6 Å². The molecule has 0 unspecified atom stereocenters. The fourth-order valence-electron chi connectivity index (χ4n) is 3.48. The number of carbonyl (C=O) groups is 3. The standard InChI is InChI=1S/C24H27N3O6/c1-3-32-24(30)16-33-20-10-9-17(11-21(20)31-2)13-25-26-22(28)15-27-14-19(12-23(27)29)18-7-5-4-6-8-18/h4-11,13,19H,3,12,14-16H2,1-2H3,(H,26,28)/b25-13-/t19-/m0/s1. The van der Waals surface area contributed by atoms with Crippen molar-refractivity contribution in [2.45, 2.75) is 19.3 Å². The van der Waals surface area contributed by atoms with E-state index in [9.17, 15) is 14.4 Å². The Balaban J connectivity index is 1.50. The number of nitrogens with one attached hydrogen (secondary N) is 1. The Morgan fingerprint density at radius 1 is 1.18 bits per heavy atom. The average molecular weight is 453 g/mol. The third-order valence-electron chi connectivity index (χ3n) is 5.06. The Labute approximate surface area is 192 Å². The molecule has 0 aliphatic carbocycles. The third-order valence-corrected chi connectivity index (χ3v) is 5.06. The number of esters is 1. The molecule has 0 radical (unpaired) electrons. The zero-order chi connectivity index (χ0) is 23.6. The molecule has 3 rings (SSSR count). The van der Waals surface area contributed by atoms with Crippen molar-refractivity contribution in [1.82, 2.24) is 10.3 Å². The van der Waals surface area contributed by atoms with E-state index in [2.05, 4.69) is 10.5 Å². The molecule has 1 N–H and O–H groups in total. The molecule has 1 saturated heterocycles. The highest BCUT2D eigenvalue weighted by molar-refractivity contribution is 5.88. The Morgan fingerprint density at radius 2 is 1.97 bits per heavy atom. The van der Waals surface area contributed by atoms with Gasteiger partial charge in [-0.05, 0) is 36.2 Å². The van der Waals surface area contributed by atoms with Gasteiger partial charge in [0.05, 0.1) is 19.9 Å². The van der Waals surface area contributed by atoms with Crippen LogP contribution < -0.4 is 14.9 Å². The van der Waals surface area contributed by atoms with Crippen LogP contribution in [0.1, 0.15) is 30.4 Å². The van der Waals surface area contributed by atoms with E-state index in [1.54, 1.807) is 30.0 Å². The van der Waals surface area contributed by atoms with Crippen LogP contribution in [0.15, 0.2) is 53.6 Å². The van der Waals surface area contributed by atoms with Crippen molar-refractivity contribution >= 4 is 24.0 Å². The highest BCUT2D eigenvalue weighted by Gasteiger charge is 2.31. The van der Waals surface area contributed by atoms with Crippen LogP contribution in [0.25, 0.3) is 0 Å². The summed E-state index contributed by atoms with van der Waals surface area (Å²) in [6, 6.07) is 14.8. The molecule has 0 spiro atoms. The maximum atomic E-state index is 12.3. The lowest BCUT2D eigenvalue weighted by Gasteiger charge is -2.15. The number of ether oxygens (including phenoxy) is 3. The summed E-state index contributed by atoms with van der Waals surface area (Å²) >= 11 is 0. The summed E-state index contributed by atoms with van der Waals surface area (Å²) in [7, 11) is 1.48. The molecule has 1 atom stereocenters. The van der Waals surface area contributed by atoms with E-state index in [0.717, 1.165) is 5.56 Å². The van der Waals surface area contributed by atoms with Gasteiger partial charge in [-0.1, -0.05) is 30.3 Å². The van der Waals surface area contributed by atoms with Gasteiger partial charge < -0.3 is 19.1 Å². The van der Waals surface area contributed by atoms with Crippen molar-refractivity contribution in [1.29, 1.82) is 0 Å². The quantitative estimate of drug-likeness (QED) is 0.336. The first-order valence-electron chi connectivity index (χ1n) is 10.6. The molecule has 174 valence electrons. The predicted molar refractivity (Wildman–Crippen MR) is 121 cm³/mol. The summed E-state index contributed by atoms with van der Waals surface area (Å²) in [5.74, 6) is -0.0243. The molecule has 2 amide bonds. The SMILES string of the molecule is CCOC(=O)COc1ccc(/C=N\NC(=O)CN2C[C@@H](c3ccccc3)CC2=O)cc1OC. The van der Waals surface area contributed by atoms with E-state index in [4.69, 9.17) is 14.2 Å². The van der Waals surface area contributed by atoms with Crippen LogP contribution in [0.4, 0.5) is 0 Å². The predicted octanol–water partition coefficient (Wildman–Crippen LogP) is 2.10. The number of methoxy groups -OCH3 is 1. The van der Waals surface area contributed by atoms with E-state index in [1.165, 1.54) is 13.3 Å². The lowest BCUT2D eigenvalue weighted by Crippen LogP contribution is -2.36. The third kappa shape index (κ3) is 6.80. The van der Waals surface area contributed by atoms with Crippen molar-refractivity contribution in [3.63, 3.8) is 0 Å². The minimum Gasteiger partial charge on any atom is -0.493 e. The van der Waals surface area contributed by atoms with Crippen LogP contribution in [0.3, 0.4) is 0 Å². The number of carbonyl (C=O) groups excluding carboxylic acids is 3. The van der Waals surface area contributed by atoms with Crippen LogP contribution >= 0.6 is 0 Å². The first kappa shape index (κ1) is 23.8. The molecule has 2 aromatic carbocycles. The molecule has 1 aliphatic heterocycles. The maximum Gasteiger partial charge on any atom is 0.344 e. The molecule has 0 bridgehead atoms. The van der Waals surface area contributed by atoms with Gasteiger partial charge in [-0.15, -0.1) is 0 Å². The summed E-state index contributed by atoms with van der Waals surface area (Å²) < 4.78 is 15.5. The number of amides is 2. The second-order valence-corrected chi connectivity index (χ2v) is 7.38. The van der Waals surface area contributed by atoms with Crippen LogP contribution in [0.2, 0.25) is 0 Å². The van der Waals surface area contributed by atoms with Gasteiger partial charge in [0.15, 0.2) is 18.1 Å². The summed E-state index contributed by atoms with van der Waals surface area (Å²) in [6.07, 6.45) is 1.85. The molecular weight excluding hydrogens is 426 g/mol. The van der Waals surface area contributed by atoms with Gasteiger partial charge in [-0.3, -0.25) is 9.59 Å². The normalized spacial score (nSPS) is 15.5. The highest BCUT2D eigenvalue weighted by Crippen LogP contribution is 2.28. The van der Waals surface area contributed by atoms with E-state index in [1.807, 2.05) is 30.3 Å². The van der Waals surface area contributed by atoms with Gasteiger partial charge in [0.25, 0.3) is 5.91 Å². The number of nitrogens with zero attached hydrogens (tertiary/aromatic N) is 2. The molecule has 1 fully saturated rings. The molecule has 9 heteroatoms. The summed E-state index contributed by atoms with van der Waals surface area (Å²) in [4.78, 5) is 37.5. The zero-order valence-electron chi connectivity index (χ0n) is 18.7. The minimum absolute atomic E-state index is 0.0499. The summed E-state index contributed by atoms with van der Waals surface area (Å²) in [5, 5.41) is 3.96. The van der Waals surface area contributed by atoms with Gasteiger partial charge in [0.1, 0.15) is 6.54 Å². The second kappa shape index (κ2) is 11.7. The molecular formula is C24H27N3O6. The van der Waals surface area contributed by atoms with Crippen LogP contribution in [-0.4, -0.2) is 62.3 Å². The fourth-order valence-corrected chi connectivity index (χ4v) is 3.48. The number of likely N-dealkylation sites (tertiary alicyclic amines) is 1. The van der Waals surface area contributed by atoms with Gasteiger partial charge in [-0.25, -0.2) is 10.2 Å². The minimum atomic E-state index is -0.473. The van der Waals surface area contributed by atoms with E-state index in [0.29, 0.717) is 30.0 Å². The number of hydrazone groups is 1.